The van der Waals surface area contributed by atoms with Gasteiger partial charge in [-0.05, 0) is 57.1 Å². The SMILES string of the molecule is C/C(=C\C(C(C)C)N(C)C(=O)C(NC(=O)C(N(C)C(=O)OC(C)(C)C)C(C)(C)c1cn(C)c2ccccc12)C(C)(C)C)C(=O)NC(CCC(=O)O)C(=O)O. The zero-order valence-corrected chi connectivity index (χ0v) is 34.4. The van der Waals surface area contributed by atoms with Gasteiger partial charge in [0.05, 0.1) is 6.04 Å². The van der Waals surface area contributed by atoms with E-state index in [2.05, 4.69) is 10.6 Å². The summed E-state index contributed by atoms with van der Waals surface area (Å²) in [6.45, 7) is 19.6. The number of carbonyl (C=O) groups excluding carboxylic acids is 4. The molecule has 4 unspecified atom stereocenters. The van der Waals surface area contributed by atoms with Crippen molar-refractivity contribution < 1.29 is 43.7 Å². The highest BCUT2D eigenvalue weighted by Crippen LogP contribution is 2.37. The van der Waals surface area contributed by atoms with Crippen LogP contribution in [0.5, 0.6) is 0 Å². The summed E-state index contributed by atoms with van der Waals surface area (Å²) >= 11 is 0. The van der Waals surface area contributed by atoms with Crippen molar-refractivity contribution in [2.75, 3.05) is 14.1 Å². The van der Waals surface area contributed by atoms with Crippen molar-refractivity contribution in [1.82, 2.24) is 25.0 Å². The molecule has 300 valence electrons. The summed E-state index contributed by atoms with van der Waals surface area (Å²) in [6, 6.07) is 3.45. The summed E-state index contributed by atoms with van der Waals surface area (Å²) in [6.07, 6.45) is 2.04. The zero-order chi connectivity index (χ0) is 41.7. The molecular formula is C40H61N5O9. The average Bonchev–Trinajstić information content (AvgIpc) is 3.38. The number of nitrogens with one attached hydrogen (secondary N) is 2. The van der Waals surface area contributed by atoms with Gasteiger partial charge in [-0.3, -0.25) is 24.1 Å². The minimum absolute atomic E-state index is 0.127. The third kappa shape index (κ3) is 11.3. The first-order valence-corrected chi connectivity index (χ1v) is 18.1. The molecule has 54 heavy (non-hydrogen) atoms. The van der Waals surface area contributed by atoms with Gasteiger partial charge < -0.3 is 35.1 Å². The number of ether oxygens (including phenoxy) is 1. The topological polar surface area (TPSA) is 188 Å². The molecule has 1 heterocycles. The molecule has 2 aromatic rings. The summed E-state index contributed by atoms with van der Waals surface area (Å²) in [5, 5.41) is 24.8. The van der Waals surface area contributed by atoms with Gasteiger partial charge in [0.25, 0.3) is 0 Å². The molecule has 14 nitrogen and oxygen atoms in total. The number of rotatable bonds is 15. The number of aliphatic carboxylic acids is 2. The monoisotopic (exact) mass is 755 g/mol. The van der Waals surface area contributed by atoms with Gasteiger partial charge in [-0.2, -0.15) is 0 Å². The molecule has 1 aromatic carbocycles. The van der Waals surface area contributed by atoms with Gasteiger partial charge in [0.15, 0.2) is 0 Å². The quantitative estimate of drug-likeness (QED) is 0.180. The van der Waals surface area contributed by atoms with Crippen molar-refractivity contribution in [3.8, 4) is 0 Å². The maximum atomic E-state index is 14.7. The lowest BCUT2D eigenvalue weighted by Crippen LogP contribution is -2.63. The van der Waals surface area contributed by atoms with Crippen molar-refractivity contribution in [2.24, 2.45) is 18.4 Å². The molecule has 14 heteroatoms. The Morgan fingerprint density at radius 1 is 0.907 bits per heavy atom. The van der Waals surface area contributed by atoms with E-state index < -0.39 is 82.8 Å². The number of hydrogen-bond donors (Lipinski definition) is 4. The Labute approximate surface area is 319 Å². The highest BCUT2D eigenvalue weighted by Gasteiger charge is 2.47. The normalized spacial score (nSPS) is 14.8. The van der Waals surface area contributed by atoms with Crippen LogP contribution in [0.2, 0.25) is 0 Å². The molecule has 0 aliphatic heterocycles. The second-order valence-corrected chi connectivity index (χ2v) is 17.0. The minimum atomic E-state index is -1.42. The first-order valence-electron chi connectivity index (χ1n) is 18.1. The number of nitrogens with zero attached hydrogens (tertiary/aromatic N) is 3. The van der Waals surface area contributed by atoms with Crippen molar-refractivity contribution in [3.05, 3.63) is 47.7 Å². The lowest BCUT2D eigenvalue weighted by Gasteiger charge is -2.42. The van der Waals surface area contributed by atoms with Crippen molar-refractivity contribution in [3.63, 3.8) is 0 Å². The Balaban J connectivity index is 2.58. The fourth-order valence-electron chi connectivity index (χ4n) is 6.53. The number of aromatic nitrogens is 1. The summed E-state index contributed by atoms with van der Waals surface area (Å²) in [4.78, 5) is 81.3. The maximum absolute atomic E-state index is 14.7. The molecule has 0 bridgehead atoms. The lowest BCUT2D eigenvalue weighted by molar-refractivity contribution is -0.142. The number of amides is 4. The van der Waals surface area contributed by atoms with Crippen LogP contribution < -0.4 is 10.6 Å². The lowest BCUT2D eigenvalue weighted by atomic mass is 9.76. The Kier molecular flexibility index (Phi) is 14.7. The predicted molar refractivity (Wildman–Crippen MR) is 207 cm³/mol. The smallest absolute Gasteiger partial charge is 0.410 e. The van der Waals surface area contributed by atoms with Crippen LogP contribution in [0.3, 0.4) is 0 Å². The molecule has 0 saturated heterocycles. The number of aryl methyl sites for hydroxylation is 1. The molecular weight excluding hydrogens is 694 g/mol. The Morgan fingerprint density at radius 2 is 1.48 bits per heavy atom. The van der Waals surface area contributed by atoms with Crippen molar-refractivity contribution in [2.45, 2.75) is 124 Å². The number of benzene rings is 1. The fourth-order valence-corrected chi connectivity index (χ4v) is 6.53. The summed E-state index contributed by atoms with van der Waals surface area (Å²) < 4.78 is 7.68. The first-order chi connectivity index (χ1) is 24.6. The highest BCUT2D eigenvalue weighted by molar-refractivity contribution is 5.96. The largest absolute Gasteiger partial charge is 0.481 e. The van der Waals surface area contributed by atoms with E-state index in [0.29, 0.717) is 0 Å². The van der Waals surface area contributed by atoms with Crippen molar-refractivity contribution >= 4 is 46.7 Å². The number of carboxylic acid groups (broad SMARTS) is 2. The van der Waals surface area contributed by atoms with Crippen LogP contribution in [0.15, 0.2) is 42.1 Å². The molecule has 2 rings (SSSR count). The number of fused-ring (bicyclic) bond motifs is 1. The van der Waals surface area contributed by atoms with Gasteiger partial charge in [-0.25, -0.2) is 9.59 Å². The maximum Gasteiger partial charge on any atom is 0.410 e. The molecule has 0 saturated carbocycles. The first kappa shape index (κ1) is 45.3. The third-order valence-corrected chi connectivity index (χ3v) is 9.50. The molecule has 0 spiro atoms. The van der Waals surface area contributed by atoms with E-state index in [4.69, 9.17) is 9.84 Å². The van der Waals surface area contributed by atoms with Crippen LogP contribution in [0.25, 0.3) is 10.9 Å². The summed E-state index contributed by atoms with van der Waals surface area (Å²) in [5.41, 5.74) is -0.777. The van der Waals surface area contributed by atoms with E-state index in [-0.39, 0.29) is 17.9 Å². The van der Waals surface area contributed by atoms with E-state index in [1.165, 1.54) is 23.8 Å². The van der Waals surface area contributed by atoms with Crippen LogP contribution in [-0.4, -0.2) is 104 Å². The number of hydrogen-bond acceptors (Lipinski definition) is 7. The molecule has 4 amide bonds. The van der Waals surface area contributed by atoms with Crippen LogP contribution in [0.1, 0.15) is 94.6 Å². The number of likely N-dealkylation sites (N-methyl/N-ethyl adjacent to an activating group) is 2. The number of para-hydroxylation sites is 1. The number of carbonyl (C=O) groups is 6. The molecule has 4 N–H and O–H groups in total. The van der Waals surface area contributed by atoms with Gasteiger partial charge in [-0.1, -0.05) is 72.7 Å². The van der Waals surface area contributed by atoms with Gasteiger partial charge in [-0.15, -0.1) is 0 Å². The summed E-state index contributed by atoms with van der Waals surface area (Å²) in [7, 11) is 4.99. The molecule has 0 aliphatic carbocycles. The van der Waals surface area contributed by atoms with E-state index in [1.807, 2.05) is 90.5 Å². The molecule has 1 aromatic heterocycles. The molecule has 0 fully saturated rings. The van der Waals surface area contributed by atoms with Crippen LogP contribution >= 0.6 is 0 Å². The predicted octanol–water partition coefficient (Wildman–Crippen LogP) is 5.09. The fraction of sp³-hybridized carbons (Fsp3) is 0.600. The second-order valence-electron chi connectivity index (χ2n) is 17.0. The van der Waals surface area contributed by atoms with Crippen LogP contribution in [-0.2, 0) is 41.2 Å². The van der Waals surface area contributed by atoms with Gasteiger partial charge in [0.2, 0.25) is 17.7 Å². The van der Waals surface area contributed by atoms with Gasteiger partial charge >= 0.3 is 18.0 Å². The van der Waals surface area contributed by atoms with Crippen LogP contribution in [0.4, 0.5) is 4.79 Å². The van der Waals surface area contributed by atoms with Crippen LogP contribution in [0, 0.1) is 11.3 Å². The van der Waals surface area contributed by atoms with E-state index in [9.17, 15) is 33.9 Å². The van der Waals surface area contributed by atoms with E-state index in [1.54, 1.807) is 33.9 Å². The molecule has 0 aliphatic rings. The van der Waals surface area contributed by atoms with E-state index >= 15 is 0 Å². The second kappa shape index (κ2) is 17.5. The Bertz CT molecular complexity index is 1750. The van der Waals surface area contributed by atoms with Gasteiger partial charge in [0, 0.05) is 55.7 Å². The number of carboxylic acids is 2. The third-order valence-electron chi connectivity index (χ3n) is 9.50. The molecule has 4 atom stereocenters. The highest BCUT2D eigenvalue weighted by atomic mass is 16.6. The Morgan fingerprint density at radius 3 is 1.98 bits per heavy atom. The van der Waals surface area contributed by atoms with E-state index in [0.717, 1.165) is 16.5 Å². The minimum Gasteiger partial charge on any atom is -0.481 e. The average molecular weight is 756 g/mol. The molecule has 0 radical (unpaired) electrons. The standard InChI is InChI=1S/C40H61N5O9/c1-23(2)29(21-24(3)33(48)41-27(36(51)52)19-20-30(46)47)44(13)35(50)31(38(4,5)6)42-34(49)32(45(14)37(53)54-39(7,8)9)40(10,11)26-22-43(12)28-18-16-15-17-25(26)28/h15-18,21-23,27,29,31-32H,19-20H2,1-14H3,(H,41,48)(H,42,49)(H,46,47)(H,51,52)/b24-21+. The zero-order valence-electron chi connectivity index (χ0n) is 34.4. The van der Waals surface area contributed by atoms with Gasteiger partial charge in [0.1, 0.15) is 23.7 Å². The van der Waals surface area contributed by atoms with Crippen molar-refractivity contribution in [1.29, 1.82) is 0 Å². The summed E-state index contributed by atoms with van der Waals surface area (Å²) in [5.74, 6) is -4.53. The Hall–Kier alpha value is -4.88.